The van der Waals surface area contributed by atoms with Crippen molar-refractivity contribution in [1.29, 1.82) is 0 Å². The molecule has 2 amide bonds. The maximum absolute atomic E-state index is 11.8. The lowest BCUT2D eigenvalue weighted by molar-refractivity contribution is -0.122. The fraction of sp³-hybridized carbons (Fsp3) is 0.600. The molecule has 1 heterocycles. The van der Waals surface area contributed by atoms with Gasteiger partial charge in [0.1, 0.15) is 0 Å². The quantitative estimate of drug-likeness (QED) is 0.688. The Hall–Kier alpha value is -1.82. The van der Waals surface area contributed by atoms with Gasteiger partial charge in [-0.3, -0.25) is 9.59 Å². The molecule has 1 aromatic heterocycles. The molecule has 0 aromatic carbocycles. The second kappa shape index (κ2) is 7.83. The smallest absolute Gasteiger partial charge is 0.286 e. The van der Waals surface area contributed by atoms with Gasteiger partial charge in [-0.15, -0.1) is 0 Å². The highest BCUT2D eigenvalue weighted by Crippen LogP contribution is 2.18. The molecule has 3 N–H and O–H groups in total. The van der Waals surface area contributed by atoms with Gasteiger partial charge in [-0.1, -0.05) is 0 Å². The van der Waals surface area contributed by atoms with Gasteiger partial charge in [0, 0.05) is 19.0 Å². The number of furan rings is 1. The van der Waals surface area contributed by atoms with Crippen LogP contribution in [0.2, 0.25) is 0 Å². The van der Waals surface area contributed by atoms with Gasteiger partial charge < -0.3 is 20.2 Å². The van der Waals surface area contributed by atoms with Crippen molar-refractivity contribution < 1.29 is 19.1 Å². The van der Waals surface area contributed by atoms with Gasteiger partial charge in [0.25, 0.3) is 5.91 Å². The van der Waals surface area contributed by atoms with Crippen molar-refractivity contribution in [2.45, 2.75) is 50.7 Å². The van der Waals surface area contributed by atoms with Crippen LogP contribution in [0.1, 0.15) is 49.1 Å². The van der Waals surface area contributed by atoms with Gasteiger partial charge >= 0.3 is 0 Å². The number of hydrogen-bond donors (Lipinski definition) is 3. The van der Waals surface area contributed by atoms with E-state index in [-0.39, 0.29) is 29.7 Å². The molecule has 1 aliphatic carbocycles. The molecular weight excluding hydrogens is 272 g/mol. The summed E-state index contributed by atoms with van der Waals surface area (Å²) in [6.07, 6.45) is 5.39. The molecule has 21 heavy (non-hydrogen) atoms. The molecule has 1 aliphatic rings. The number of amides is 2. The molecule has 0 unspecified atom stereocenters. The highest BCUT2D eigenvalue weighted by molar-refractivity contribution is 5.91. The van der Waals surface area contributed by atoms with E-state index < -0.39 is 0 Å². The van der Waals surface area contributed by atoms with Crippen molar-refractivity contribution in [1.82, 2.24) is 10.6 Å². The molecule has 0 spiro atoms. The molecule has 116 valence electrons. The predicted octanol–water partition coefficient (Wildman–Crippen LogP) is 1.21. The summed E-state index contributed by atoms with van der Waals surface area (Å²) in [6.45, 7) is 0.441. The minimum absolute atomic E-state index is 0.00337. The standard InChI is InChI=1S/C15H22N2O4/c18-12-7-5-11(6-8-12)17-14(19)4-1-9-16-15(20)13-3-2-10-21-13/h2-3,10-12,18H,1,4-9H2,(H,16,20)(H,17,19). The molecule has 0 bridgehead atoms. The first kappa shape index (κ1) is 15.6. The van der Waals surface area contributed by atoms with Crippen molar-refractivity contribution >= 4 is 11.8 Å². The molecule has 6 heteroatoms. The van der Waals surface area contributed by atoms with Crippen LogP contribution in [0, 0.1) is 0 Å². The Morgan fingerprint density at radius 2 is 2.05 bits per heavy atom. The summed E-state index contributed by atoms with van der Waals surface area (Å²) in [5.74, 6) is 0.0190. The highest BCUT2D eigenvalue weighted by Gasteiger charge is 2.20. The highest BCUT2D eigenvalue weighted by atomic mass is 16.3. The van der Waals surface area contributed by atoms with Gasteiger partial charge in [0.2, 0.25) is 5.91 Å². The molecule has 1 aromatic rings. The second-order valence-corrected chi connectivity index (χ2v) is 5.41. The second-order valence-electron chi connectivity index (χ2n) is 5.41. The number of hydrogen-bond acceptors (Lipinski definition) is 4. The molecule has 6 nitrogen and oxygen atoms in total. The summed E-state index contributed by atoms with van der Waals surface area (Å²) in [6, 6.07) is 3.43. The topological polar surface area (TPSA) is 91.6 Å². The van der Waals surface area contributed by atoms with Crippen LogP contribution in [0.25, 0.3) is 0 Å². The van der Waals surface area contributed by atoms with Crippen LogP contribution in [-0.2, 0) is 4.79 Å². The van der Waals surface area contributed by atoms with Crippen LogP contribution >= 0.6 is 0 Å². The number of carbonyl (C=O) groups excluding carboxylic acids is 2. The van der Waals surface area contributed by atoms with E-state index in [4.69, 9.17) is 4.42 Å². The van der Waals surface area contributed by atoms with Gasteiger partial charge in [-0.2, -0.15) is 0 Å². The van der Waals surface area contributed by atoms with Crippen LogP contribution < -0.4 is 10.6 Å². The predicted molar refractivity (Wildman–Crippen MR) is 76.7 cm³/mol. The normalized spacial score (nSPS) is 21.8. The minimum atomic E-state index is -0.262. The zero-order valence-corrected chi connectivity index (χ0v) is 12.0. The van der Waals surface area contributed by atoms with E-state index in [1.807, 2.05) is 0 Å². The van der Waals surface area contributed by atoms with Crippen LogP contribution in [0.5, 0.6) is 0 Å². The number of aliphatic hydroxyl groups is 1. The molecule has 1 fully saturated rings. The Bertz CT molecular complexity index is 450. The Kier molecular flexibility index (Phi) is 5.80. The zero-order valence-electron chi connectivity index (χ0n) is 12.0. The zero-order chi connectivity index (χ0) is 15.1. The van der Waals surface area contributed by atoms with Crippen LogP contribution in [0.15, 0.2) is 22.8 Å². The van der Waals surface area contributed by atoms with Crippen molar-refractivity contribution in [3.05, 3.63) is 24.2 Å². The lowest BCUT2D eigenvalue weighted by Crippen LogP contribution is -2.38. The third kappa shape index (κ3) is 5.23. The Morgan fingerprint density at radius 3 is 2.71 bits per heavy atom. The lowest BCUT2D eigenvalue weighted by atomic mass is 9.93. The van der Waals surface area contributed by atoms with Gasteiger partial charge in [-0.25, -0.2) is 0 Å². The van der Waals surface area contributed by atoms with E-state index in [1.54, 1.807) is 12.1 Å². The summed E-state index contributed by atoms with van der Waals surface area (Å²) < 4.78 is 4.97. The third-order valence-electron chi connectivity index (χ3n) is 3.67. The van der Waals surface area contributed by atoms with Crippen molar-refractivity contribution in [3.63, 3.8) is 0 Å². The minimum Gasteiger partial charge on any atom is -0.459 e. The largest absolute Gasteiger partial charge is 0.459 e. The van der Waals surface area contributed by atoms with E-state index in [0.717, 1.165) is 25.7 Å². The van der Waals surface area contributed by atoms with Gasteiger partial charge in [0.05, 0.1) is 12.4 Å². The van der Waals surface area contributed by atoms with Gasteiger partial charge in [-0.05, 0) is 44.2 Å². The fourth-order valence-electron chi connectivity index (χ4n) is 2.47. The van der Waals surface area contributed by atoms with Crippen molar-refractivity contribution in [2.24, 2.45) is 0 Å². The fourth-order valence-corrected chi connectivity index (χ4v) is 2.47. The Balaban J connectivity index is 1.56. The van der Waals surface area contributed by atoms with E-state index in [2.05, 4.69) is 10.6 Å². The molecule has 1 saturated carbocycles. The van der Waals surface area contributed by atoms with Crippen LogP contribution in [-0.4, -0.2) is 35.6 Å². The average Bonchev–Trinajstić information content (AvgIpc) is 3.00. The molecular formula is C15H22N2O4. The third-order valence-corrected chi connectivity index (χ3v) is 3.67. The first-order valence-electron chi connectivity index (χ1n) is 7.44. The first-order valence-corrected chi connectivity index (χ1v) is 7.44. The average molecular weight is 294 g/mol. The summed E-state index contributed by atoms with van der Waals surface area (Å²) >= 11 is 0. The van der Waals surface area contributed by atoms with Crippen molar-refractivity contribution in [2.75, 3.05) is 6.54 Å². The first-order chi connectivity index (χ1) is 10.1. The van der Waals surface area contributed by atoms with Crippen LogP contribution in [0.3, 0.4) is 0 Å². The molecule has 0 saturated heterocycles. The SMILES string of the molecule is O=C(CCCNC(=O)c1ccco1)NC1CCC(O)CC1. The summed E-state index contributed by atoms with van der Waals surface area (Å²) in [4.78, 5) is 23.3. The van der Waals surface area contributed by atoms with Gasteiger partial charge in [0.15, 0.2) is 5.76 Å². The van der Waals surface area contributed by atoms with Crippen LogP contribution in [0.4, 0.5) is 0 Å². The van der Waals surface area contributed by atoms with Crippen molar-refractivity contribution in [3.8, 4) is 0 Å². The molecule has 0 aliphatic heterocycles. The van der Waals surface area contributed by atoms with E-state index in [0.29, 0.717) is 19.4 Å². The number of rotatable bonds is 6. The van der Waals surface area contributed by atoms with E-state index in [1.165, 1.54) is 6.26 Å². The summed E-state index contributed by atoms with van der Waals surface area (Å²) in [5.41, 5.74) is 0. The molecule has 0 radical (unpaired) electrons. The Morgan fingerprint density at radius 1 is 1.29 bits per heavy atom. The number of aliphatic hydroxyl groups excluding tert-OH is 1. The monoisotopic (exact) mass is 294 g/mol. The summed E-state index contributed by atoms with van der Waals surface area (Å²) in [7, 11) is 0. The Labute approximate surface area is 123 Å². The maximum Gasteiger partial charge on any atom is 0.286 e. The number of nitrogens with one attached hydrogen (secondary N) is 2. The summed E-state index contributed by atoms with van der Waals surface area (Å²) in [5, 5.41) is 15.1. The lowest BCUT2D eigenvalue weighted by Gasteiger charge is -2.26. The van der Waals surface area contributed by atoms with E-state index >= 15 is 0 Å². The molecule has 0 atom stereocenters. The number of carbonyl (C=O) groups is 2. The maximum atomic E-state index is 11.8. The van der Waals surface area contributed by atoms with E-state index in [9.17, 15) is 14.7 Å². The molecule has 2 rings (SSSR count).